The molecule has 1 saturated carbocycles. The predicted octanol–water partition coefficient (Wildman–Crippen LogP) is 3.78. The molecule has 1 aliphatic carbocycles. The molecule has 0 radical (unpaired) electrons. The summed E-state index contributed by atoms with van der Waals surface area (Å²) < 4.78 is 2.17. The lowest BCUT2D eigenvalue weighted by molar-refractivity contribution is -0.113. The zero-order valence-electron chi connectivity index (χ0n) is 13.7. The van der Waals surface area contributed by atoms with Gasteiger partial charge < -0.3 is 9.88 Å². The molecule has 5 nitrogen and oxygen atoms in total. The predicted molar refractivity (Wildman–Crippen MR) is 92.9 cm³/mol. The summed E-state index contributed by atoms with van der Waals surface area (Å²) >= 11 is 1.45. The molecule has 0 unspecified atom stereocenters. The topological polar surface area (TPSA) is 59.8 Å². The van der Waals surface area contributed by atoms with E-state index < -0.39 is 0 Å². The van der Waals surface area contributed by atoms with Crippen LogP contribution >= 0.6 is 11.8 Å². The van der Waals surface area contributed by atoms with Crippen molar-refractivity contribution < 1.29 is 4.79 Å². The van der Waals surface area contributed by atoms with Gasteiger partial charge in [0.2, 0.25) is 5.91 Å². The molecule has 1 N–H and O–H groups in total. The fraction of sp³-hybridized carbons (Fsp3) is 0.471. The lowest BCUT2D eigenvalue weighted by Gasteiger charge is -2.13. The first-order valence-corrected chi connectivity index (χ1v) is 8.97. The second-order valence-corrected chi connectivity index (χ2v) is 7.23. The van der Waals surface area contributed by atoms with Gasteiger partial charge in [0.15, 0.2) is 5.16 Å². The van der Waals surface area contributed by atoms with Crippen LogP contribution in [0.15, 0.2) is 29.4 Å². The average molecular weight is 330 g/mol. The summed E-state index contributed by atoms with van der Waals surface area (Å²) in [4.78, 5) is 12.1. The van der Waals surface area contributed by atoms with E-state index in [1.807, 2.05) is 31.2 Å². The molecule has 1 aromatic carbocycles. The van der Waals surface area contributed by atoms with Crippen LogP contribution < -0.4 is 5.32 Å². The molecule has 0 atom stereocenters. The lowest BCUT2D eigenvalue weighted by atomic mass is 10.2. The Labute approximate surface area is 140 Å². The number of amides is 1. The Kier molecular flexibility index (Phi) is 4.71. The van der Waals surface area contributed by atoms with Gasteiger partial charge in [-0.05, 0) is 51.3 Å². The highest BCUT2D eigenvalue weighted by Gasteiger charge is 2.31. The molecule has 0 spiro atoms. The number of carbonyl (C=O) groups excluding carboxylic acids is 1. The van der Waals surface area contributed by atoms with Crippen LogP contribution in [-0.4, -0.2) is 26.4 Å². The number of anilines is 1. The van der Waals surface area contributed by atoms with Gasteiger partial charge in [0.25, 0.3) is 0 Å². The maximum Gasteiger partial charge on any atom is 0.234 e. The van der Waals surface area contributed by atoms with Crippen molar-refractivity contribution in [3.8, 4) is 0 Å². The first-order chi connectivity index (χ1) is 11.0. The molecular formula is C17H22N4OS. The zero-order chi connectivity index (χ0) is 16.4. The number of hydrogen-bond acceptors (Lipinski definition) is 4. The number of thioether (sulfide) groups is 1. The molecule has 1 fully saturated rings. The molecule has 1 aromatic heterocycles. The van der Waals surface area contributed by atoms with Crippen molar-refractivity contribution >= 4 is 23.4 Å². The number of benzene rings is 1. The molecule has 0 bridgehead atoms. The normalized spacial score (nSPS) is 14.3. The minimum absolute atomic E-state index is 0.0214. The zero-order valence-corrected chi connectivity index (χ0v) is 14.6. The summed E-state index contributed by atoms with van der Waals surface area (Å²) in [6.45, 7) is 6.27. The van der Waals surface area contributed by atoms with Crippen molar-refractivity contribution in [1.29, 1.82) is 0 Å². The van der Waals surface area contributed by atoms with E-state index in [-0.39, 0.29) is 5.91 Å². The van der Waals surface area contributed by atoms with Crippen molar-refractivity contribution in [2.75, 3.05) is 11.1 Å². The Balaban J connectivity index is 1.63. The highest BCUT2D eigenvalue weighted by Crippen LogP contribution is 2.41. The van der Waals surface area contributed by atoms with Gasteiger partial charge in [-0.2, -0.15) is 0 Å². The molecule has 0 saturated heterocycles. The van der Waals surface area contributed by atoms with Gasteiger partial charge in [0.1, 0.15) is 5.82 Å². The molecule has 1 amide bonds. The maximum atomic E-state index is 12.1. The van der Waals surface area contributed by atoms with Gasteiger partial charge in [0.05, 0.1) is 5.75 Å². The van der Waals surface area contributed by atoms with Crippen LogP contribution in [0, 0.1) is 6.92 Å². The number of nitrogens with zero attached hydrogens (tertiary/aromatic N) is 3. The minimum atomic E-state index is -0.0214. The number of nitrogens with one attached hydrogen (secondary N) is 1. The van der Waals surface area contributed by atoms with E-state index in [1.54, 1.807) is 0 Å². The third-order valence-corrected chi connectivity index (χ3v) is 4.73. The Morgan fingerprint density at radius 2 is 2.17 bits per heavy atom. The number of carbonyl (C=O) groups is 1. The Bertz CT molecular complexity index is 706. The largest absolute Gasteiger partial charge is 0.325 e. The molecule has 2 aromatic rings. The number of aromatic nitrogens is 3. The number of aryl methyl sites for hydroxylation is 1. The second-order valence-electron chi connectivity index (χ2n) is 6.29. The summed E-state index contributed by atoms with van der Waals surface area (Å²) in [6.07, 6.45) is 2.40. The van der Waals surface area contributed by atoms with Gasteiger partial charge >= 0.3 is 0 Å². The Hall–Kier alpha value is -1.82. The average Bonchev–Trinajstić information content (AvgIpc) is 3.24. The van der Waals surface area contributed by atoms with Crippen molar-refractivity contribution in [2.45, 2.75) is 50.7 Å². The third-order valence-electron chi connectivity index (χ3n) is 3.78. The maximum absolute atomic E-state index is 12.1. The molecule has 122 valence electrons. The van der Waals surface area contributed by atoms with E-state index in [2.05, 4.69) is 33.9 Å². The fourth-order valence-corrected chi connectivity index (χ4v) is 3.42. The quantitative estimate of drug-likeness (QED) is 0.819. The van der Waals surface area contributed by atoms with Crippen molar-refractivity contribution in [2.24, 2.45) is 0 Å². The summed E-state index contributed by atoms with van der Waals surface area (Å²) in [5.74, 6) is 1.94. The monoisotopic (exact) mass is 330 g/mol. The molecule has 0 aliphatic heterocycles. The highest BCUT2D eigenvalue weighted by molar-refractivity contribution is 7.99. The Morgan fingerprint density at radius 3 is 2.83 bits per heavy atom. The molecule has 23 heavy (non-hydrogen) atoms. The first kappa shape index (κ1) is 16.1. The molecular weight excluding hydrogens is 308 g/mol. The van der Waals surface area contributed by atoms with Gasteiger partial charge in [-0.25, -0.2) is 0 Å². The van der Waals surface area contributed by atoms with Crippen molar-refractivity contribution in [1.82, 2.24) is 14.8 Å². The van der Waals surface area contributed by atoms with Crippen LogP contribution in [0.2, 0.25) is 0 Å². The van der Waals surface area contributed by atoms with Crippen LogP contribution in [0.4, 0.5) is 5.69 Å². The number of rotatable bonds is 6. The van der Waals surface area contributed by atoms with Crippen LogP contribution in [-0.2, 0) is 4.79 Å². The summed E-state index contributed by atoms with van der Waals surface area (Å²) in [5, 5.41) is 12.4. The third kappa shape index (κ3) is 3.93. The molecule has 1 aliphatic rings. The van der Waals surface area contributed by atoms with E-state index in [4.69, 9.17) is 0 Å². The van der Waals surface area contributed by atoms with Gasteiger partial charge in [-0.3, -0.25) is 4.79 Å². The van der Waals surface area contributed by atoms with E-state index in [9.17, 15) is 4.79 Å². The van der Waals surface area contributed by atoms with Gasteiger partial charge in [-0.15, -0.1) is 10.2 Å². The van der Waals surface area contributed by atoms with Crippen molar-refractivity contribution in [3.05, 3.63) is 35.7 Å². The van der Waals surface area contributed by atoms with Gasteiger partial charge in [0, 0.05) is 17.6 Å². The van der Waals surface area contributed by atoms with E-state index in [0.717, 1.165) is 22.2 Å². The SMILES string of the molecule is Cc1cccc(NC(=O)CSc2nnc(C3CC3)n2C(C)C)c1. The first-order valence-electron chi connectivity index (χ1n) is 7.98. The highest BCUT2D eigenvalue weighted by atomic mass is 32.2. The minimum Gasteiger partial charge on any atom is -0.325 e. The van der Waals surface area contributed by atoms with Crippen molar-refractivity contribution in [3.63, 3.8) is 0 Å². The number of hydrogen-bond donors (Lipinski definition) is 1. The van der Waals surface area contributed by atoms with Crippen LogP contribution in [0.1, 0.15) is 50.0 Å². The standard InChI is InChI=1S/C17H22N4OS/c1-11(2)21-16(13-7-8-13)19-20-17(21)23-10-15(22)18-14-6-4-5-12(3)9-14/h4-6,9,11,13H,7-8,10H2,1-3H3,(H,18,22). The Morgan fingerprint density at radius 1 is 1.39 bits per heavy atom. The molecule has 6 heteroatoms. The second kappa shape index (κ2) is 6.74. The van der Waals surface area contributed by atoms with Crippen LogP contribution in [0.3, 0.4) is 0 Å². The van der Waals surface area contributed by atoms with E-state index in [1.165, 1.54) is 24.6 Å². The fourth-order valence-electron chi connectivity index (χ4n) is 2.54. The van der Waals surface area contributed by atoms with Gasteiger partial charge in [-0.1, -0.05) is 23.9 Å². The van der Waals surface area contributed by atoms with E-state index in [0.29, 0.717) is 17.7 Å². The van der Waals surface area contributed by atoms with Crippen LogP contribution in [0.25, 0.3) is 0 Å². The van der Waals surface area contributed by atoms with E-state index >= 15 is 0 Å². The van der Waals surface area contributed by atoms with Crippen LogP contribution in [0.5, 0.6) is 0 Å². The summed E-state index contributed by atoms with van der Waals surface area (Å²) in [7, 11) is 0. The summed E-state index contributed by atoms with van der Waals surface area (Å²) in [5.41, 5.74) is 1.96. The molecule has 3 rings (SSSR count). The lowest BCUT2D eigenvalue weighted by Crippen LogP contribution is -2.15. The smallest absolute Gasteiger partial charge is 0.234 e. The molecule has 1 heterocycles. The summed E-state index contributed by atoms with van der Waals surface area (Å²) in [6, 6.07) is 8.12.